The zero-order chi connectivity index (χ0) is 26.6. The first-order chi connectivity index (χ1) is 16.5. The molecule has 0 bridgehead atoms. The van der Waals surface area contributed by atoms with Gasteiger partial charge in [0.2, 0.25) is 5.91 Å². The van der Waals surface area contributed by atoms with E-state index in [2.05, 4.69) is 19.2 Å². The highest BCUT2D eigenvalue weighted by molar-refractivity contribution is 7.45. The Kier molecular flexibility index (Phi) is 20.3. The minimum Gasteiger partial charge on any atom is -0.756 e. The molecule has 0 aliphatic rings. The number of nitrogens with zero attached hydrogens (tertiary/aromatic N) is 1. The second-order valence-electron chi connectivity index (χ2n) is 10.8. The van der Waals surface area contributed by atoms with Crippen LogP contribution >= 0.6 is 7.82 Å². The summed E-state index contributed by atoms with van der Waals surface area (Å²) in [5, 5.41) is 13.5. The molecule has 0 saturated heterocycles. The van der Waals surface area contributed by atoms with Gasteiger partial charge in [0.25, 0.3) is 7.82 Å². The van der Waals surface area contributed by atoms with Crippen LogP contribution in [0.2, 0.25) is 0 Å². The topological polar surface area (TPSA) is 108 Å². The van der Waals surface area contributed by atoms with Crippen LogP contribution < -0.4 is 10.2 Å². The van der Waals surface area contributed by atoms with Crippen LogP contribution in [0.1, 0.15) is 110 Å². The van der Waals surface area contributed by atoms with E-state index >= 15 is 0 Å². The minimum absolute atomic E-state index is 0.0138. The largest absolute Gasteiger partial charge is 0.756 e. The molecule has 0 spiro atoms. The number of unbranched alkanes of at least 4 members (excludes halogenated alkanes) is 11. The van der Waals surface area contributed by atoms with Crippen molar-refractivity contribution in [2.24, 2.45) is 0 Å². The molecule has 210 valence electrons. The summed E-state index contributed by atoms with van der Waals surface area (Å²) in [6.45, 7) is 4.55. The summed E-state index contributed by atoms with van der Waals surface area (Å²) in [7, 11) is 1.30. The lowest BCUT2D eigenvalue weighted by Crippen LogP contribution is -2.46. The van der Waals surface area contributed by atoms with E-state index < -0.39 is 20.0 Å². The maximum atomic E-state index is 12.5. The molecule has 35 heavy (non-hydrogen) atoms. The molecule has 0 rings (SSSR count). The van der Waals surface area contributed by atoms with Crippen LogP contribution in [0.3, 0.4) is 0 Å². The van der Waals surface area contributed by atoms with E-state index in [1.54, 1.807) is 0 Å². The van der Waals surface area contributed by atoms with Crippen molar-refractivity contribution in [2.75, 3.05) is 40.9 Å². The van der Waals surface area contributed by atoms with Gasteiger partial charge in [-0.3, -0.25) is 9.36 Å². The number of hydrogen-bond donors (Lipinski definition) is 2. The van der Waals surface area contributed by atoms with E-state index in [1.807, 2.05) is 21.1 Å². The van der Waals surface area contributed by atoms with Crippen molar-refractivity contribution >= 4 is 13.7 Å². The Morgan fingerprint density at radius 1 is 0.886 bits per heavy atom. The fraction of sp³-hybridized carbons (Fsp3) is 0.962. The summed E-state index contributed by atoms with van der Waals surface area (Å²) in [6, 6.07) is -0.785. The Balaban J connectivity index is 4.64. The number of phosphoric ester groups is 1. The lowest BCUT2D eigenvalue weighted by Gasteiger charge is -2.30. The Hall–Kier alpha value is -0.500. The van der Waals surface area contributed by atoms with Crippen LogP contribution in [0.15, 0.2) is 0 Å². The first-order valence-corrected chi connectivity index (χ1v) is 15.3. The van der Waals surface area contributed by atoms with Gasteiger partial charge in [-0.2, -0.15) is 0 Å². The average molecular weight is 523 g/mol. The van der Waals surface area contributed by atoms with Crippen LogP contribution in [0, 0.1) is 0 Å². The van der Waals surface area contributed by atoms with E-state index in [1.165, 1.54) is 44.9 Å². The van der Waals surface area contributed by atoms with Crippen LogP contribution in [0.4, 0.5) is 0 Å². The van der Waals surface area contributed by atoms with Gasteiger partial charge in [0.15, 0.2) is 0 Å². The molecule has 3 atom stereocenters. The molecular weight excluding hydrogens is 467 g/mol. The number of carbonyl (C=O) groups is 1. The average Bonchev–Trinajstić information content (AvgIpc) is 2.77. The third kappa shape index (κ3) is 22.4. The molecule has 0 aromatic rings. The van der Waals surface area contributed by atoms with Crippen molar-refractivity contribution in [2.45, 2.75) is 122 Å². The molecule has 8 nitrogen and oxygen atoms in total. The number of likely N-dealkylation sites (N-methyl/N-ethyl adjacent to an activating group) is 1. The number of carbonyl (C=O) groups excluding carboxylic acids is 1. The van der Waals surface area contributed by atoms with Gasteiger partial charge < -0.3 is 28.8 Å². The van der Waals surface area contributed by atoms with E-state index in [4.69, 9.17) is 9.05 Å². The van der Waals surface area contributed by atoms with Gasteiger partial charge in [-0.15, -0.1) is 0 Å². The maximum absolute atomic E-state index is 12.5. The highest BCUT2D eigenvalue weighted by atomic mass is 31.2. The molecule has 0 aliphatic carbocycles. The molecule has 1 amide bonds. The van der Waals surface area contributed by atoms with Crippen molar-refractivity contribution in [3.63, 3.8) is 0 Å². The predicted octanol–water partition coefficient (Wildman–Crippen LogP) is 4.93. The van der Waals surface area contributed by atoms with Crippen molar-refractivity contribution in [1.82, 2.24) is 5.32 Å². The van der Waals surface area contributed by atoms with Gasteiger partial charge >= 0.3 is 0 Å². The Morgan fingerprint density at radius 2 is 1.40 bits per heavy atom. The second-order valence-corrected chi connectivity index (χ2v) is 12.2. The second kappa shape index (κ2) is 20.5. The number of quaternary nitrogens is 1. The van der Waals surface area contributed by atoms with Gasteiger partial charge in [0, 0.05) is 6.42 Å². The minimum atomic E-state index is -4.52. The van der Waals surface area contributed by atoms with Crippen molar-refractivity contribution in [3.05, 3.63) is 0 Å². The quantitative estimate of drug-likeness (QED) is 0.106. The number of aliphatic hydroxyl groups is 1. The van der Waals surface area contributed by atoms with Gasteiger partial charge in [0.1, 0.15) is 13.2 Å². The fourth-order valence-electron chi connectivity index (χ4n) is 3.74. The van der Waals surface area contributed by atoms with E-state index in [0.29, 0.717) is 23.9 Å². The third-order valence-electron chi connectivity index (χ3n) is 6.10. The normalized spacial score (nSPS) is 15.5. The highest BCUT2D eigenvalue weighted by Crippen LogP contribution is 2.38. The third-order valence-corrected chi connectivity index (χ3v) is 7.06. The lowest BCUT2D eigenvalue weighted by atomic mass is 10.0. The van der Waals surface area contributed by atoms with Gasteiger partial charge in [-0.05, 0) is 12.8 Å². The summed E-state index contributed by atoms with van der Waals surface area (Å²) in [5.41, 5.74) is 0. The molecule has 0 heterocycles. The molecule has 0 aromatic carbocycles. The molecule has 3 unspecified atom stereocenters. The summed E-state index contributed by atoms with van der Waals surface area (Å²) >= 11 is 0. The monoisotopic (exact) mass is 522 g/mol. The fourth-order valence-corrected chi connectivity index (χ4v) is 4.46. The molecule has 0 aliphatic heterocycles. The number of phosphoric acid groups is 1. The van der Waals surface area contributed by atoms with Crippen LogP contribution in [0.25, 0.3) is 0 Å². The summed E-state index contributed by atoms with van der Waals surface area (Å²) in [6.07, 6.45) is 14.3. The van der Waals surface area contributed by atoms with Crippen LogP contribution in [0.5, 0.6) is 0 Å². The Labute approximate surface area is 215 Å². The van der Waals surface area contributed by atoms with Crippen molar-refractivity contribution < 1.29 is 32.9 Å². The van der Waals surface area contributed by atoms with Gasteiger partial charge in [0.05, 0.1) is 39.9 Å². The highest BCUT2D eigenvalue weighted by Gasteiger charge is 2.24. The summed E-state index contributed by atoms with van der Waals surface area (Å²) in [4.78, 5) is 24.7. The maximum Gasteiger partial charge on any atom is 0.268 e. The van der Waals surface area contributed by atoms with E-state index in [9.17, 15) is 19.4 Å². The van der Waals surface area contributed by atoms with Gasteiger partial charge in [-0.25, -0.2) is 0 Å². The molecule has 0 fully saturated rings. The summed E-state index contributed by atoms with van der Waals surface area (Å²) in [5.74, 6) is -0.180. The van der Waals surface area contributed by atoms with Crippen molar-refractivity contribution in [3.8, 4) is 0 Å². The molecule has 0 radical (unpaired) electrons. The van der Waals surface area contributed by atoms with Crippen LogP contribution in [-0.2, 0) is 18.4 Å². The number of aliphatic hydroxyl groups excluding tert-OH is 1. The standard InChI is InChI=1S/C26H55N2O6P/c1-6-8-10-12-14-16-18-20-26(30)27-24(25(29)19-17-15-13-11-9-7-2)23-34-35(31,32)33-22-21-28(3,4)5/h24-25,29H,6-23H2,1-5H3,(H-,27,30,31,32). The Bertz CT molecular complexity index is 571. The first kappa shape index (κ1) is 34.5. The number of nitrogens with one attached hydrogen (secondary N) is 1. The van der Waals surface area contributed by atoms with Crippen molar-refractivity contribution in [1.29, 1.82) is 0 Å². The van der Waals surface area contributed by atoms with Gasteiger partial charge in [-0.1, -0.05) is 90.9 Å². The molecule has 2 N–H and O–H groups in total. The van der Waals surface area contributed by atoms with Crippen LogP contribution in [-0.4, -0.2) is 68.5 Å². The number of rotatable bonds is 24. The molecular formula is C26H55N2O6P. The zero-order valence-electron chi connectivity index (χ0n) is 23.3. The molecule has 9 heteroatoms. The smallest absolute Gasteiger partial charge is 0.268 e. The molecule has 0 aromatic heterocycles. The zero-order valence-corrected chi connectivity index (χ0v) is 24.2. The Morgan fingerprint density at radius 3 is 1.94 bits per heavy atom. The lowest BCUT2D eigenvalue weighted by molar-refractivity contribution is -0.870. The predicted molar refractivity (Wildman–Crippen MR) is 141 cm³/mol. The first-order valence-electron chi connectivity index (χ1n) is 13.9. The number of amides is 1. The number of hydrogen-bond acceptors (Lipinski definition) is 6. The summed E-state index contributed by atoms with van der Waals surface area (Å²) < 4.78 is 22.8. The van der Waals surface area contributed by atoms with E-state index in [-0.39, 0.29) is 19.1 Å². The molecule has 0 saturated carbocycles. The van der Waals surface area contributed by atoms with E-state index in [0.717, 1.165) is 38.5 Å². The SMILES string of the molecule is CCCCCCCCCC(=O)NC(COP(=O)([O-])OCC[N+](C)(C)C)C(O)CCCCCCCC.